The van der Waals surface area contributed by atoms with Gasteiger partial charge in [-0.25, -0.2) is 9.59 Å². The molecule has 2 unspecified atom stereocenters. The van der Waals surface area contributed by atoms with Crippen LogP contribution < -0.4 is 4.90 Å². The molecule has 5 nitrogen and oxygen atoms in total. The van der Waals surface area contributed by atoms with E-state index in [-0.39, 0.29) is 0 Å². The van der Waals surface area contributed by atoms with Crippen molar-refractivity contribution in [1.82, 2.24) is 0 Å². The number of fused-ring (bicyclic) bond motifs is 2. The number of carbonyl (C=O) groups is 2. The van der Waals surface area contributed by atoms with Gasteiger partial charge in [0.15, 0.2) is 0 Å². The molecule has 4 rings (SSSR count). The third-order valence-electron chi connectivity index (χ3n) is 4.91. The molecule has 132 valence electrons. The van der Waals surface area contributed by atoms with Gasteiger partial charge >= 0.3 is 11.9 Å². The minimum atomic E-state index is -1.26. The summed E-state index contributed by atoms with van der Waals surface area (Å²) >= 11 is 1.85. The van der Waals surface area contributed by atoms with Gasteiger partial charge in [-0.3, -0.25) is 0 Å². The van der Waals surface area contributed by atoms with Crippen LogP contribution in [0.15, 0.2) is 41.8 Å². The maximum absolute atomic E-state index is 9.55. The first-order chi connectivity index (χ1) is 12.0. The number of carboxylic acid groups (broad SMARTS) is 2. The monoisotopic (exact) mass is 359 g/mol. The highest BCUT2D eigenvalue weighted by Crippen LogP contribution is 2.41. The minimum Gasteiger partial charge on any atom is -0.478 e. The van der Waals surface area contributed by atoms with Gasteiger partial charge < -0.3 is 15.1 Å². The van der Waals surface area contributed by atoms with Gasteiger partial charge in [0, 0.05) is 41.0 Å². The second kappa shape index (κ2) is 7.70. The lowest BCUT2D eigenvalue weighted by atomic mass is 10.0. The van der Waals surface area contributed by atoms with Crippen molar-refractivity contribution in [3.8, 4) is 0 Å². The molecule has 1 saturated heterocycles. The summed E-state index contributed by atoms with van der Waals surface area (Å²) < 4.78 is 1.43. The molecule has 2 aromatic rings. The van der Waals surface area contributed by atoms with Crippen LogP contribution in [0, 0.1) is 11.8 Å². The van der Waals surface area contributed by atoms with Crippen molar-refractivity contribution in [1.29, 1.82) is 0 Å². The molecule has 1 aromatic heterocycles. The Kier molecular flexibility index (Phi) is 5.38. The van der Waals surface area contributed by atoms with Crippen molar-refractivity contribution >= 4 is 39.0 Å². The fraction of sp³-hybridized carbons (Fsp3) is 0.368. The van der Waals surface area contributed by atoms with Gasteiger partial charge in [0.05, 0.1) is 0 Å². The number of benzene rings is 1. The fourth-order valence-corrected chi connectivity index (χ4v) is 4.64. The Balaban J connectivity index is 0.000000197. The maximum atomic E-state index is 9.55. The van der Waals surface area contributed by atoms with Gasteiger partial charge in [0.2, 0.25) is 0 Å². The number of anilines is 1. The number of carboxylic acids is 2. The van der Waals surface area contributed by atoms with Crippen LogP contribution in [0.2, 0.25) is 0 Å². The summed E-state index contributed by atoms with van der Waals surface area (Å²) in [4.78, 5) is 21.7. The molecule has 1 aromatic carbocycles. The average Bonchev–Trinajstić information content (AvgIpc) is 3.28. The van der Waals surface area contributed by atoms with Gasteiger partial charge in [-0.1, -0.05) is 12.5 Å². The lowest BCUT2D eigenvalue weighted by Crippen LogP contribution is -2.20. The Morgan fingerprint density at radius 2 is 1.68 bits per heavy atom. The Morgan fingerprint density at radius 3 is 2.28 bits per heavy atom. The summed E-state index contributed by atoms with van der Waals surface area (Å²) in [5, 5.41) is 19.3. The van der Waals surface area contributed by atoms with Crippen LogP contribution in [0.5, 0.6) is 0 Å². The summed E-state index contributed by atoms with van der Waals surface area (Å²) in [6.45, 7) is 2.58. The van der Waals surface area contributed by atoms with Crippen LogP contribution in [-0.4, -0.2) is 35.2 Å². The van der Waals surface area contributed by atoms with E-state index >= 15 is 0 Å². The van der Waals surface area contributed by atoms with Crippen LogP contribution in [0.3, 0.4) is 0 Å². The Bertz CT molecular complexity index is 770. The van der Waals surface area contributed by atoms with E-state index in [0.29, 0.717) is 12.2 Å². The van der Waals surface area contributed by atoms with Gasteiger partial charge in [-0.15, -0.1) is 11.3 Å². The third kappa shape index (κ3) is 4.20. The van der Waals surface area contributed by atoms with E-state index in [4.69, 9.17) is 10.2 Å². The number of rotatable bonds is 3. The summed E-state index contributed by atoms with van der Waals surface area (Å²) in [7, 11) is 0. The Morgan fingerprint density at radius 1 is 1.04 bits per heavy atom. The first kappa shape index (κ1) is 17.5. The van der Waals surface area contributed by atoms with Gasteiger partial charge in [-0.05, 0) is 48.3 Å². The zero-order valence-electron chi connectivity index (χ0n) is 13.8. The number of aliphatic carboxylic acids is 2. The van der Waals surface area contributed by atoms with Crippen molar-refractivity contribution < 1.29 is 19.8 Å². The van der Waals surface area contributed by atoms with Crippen LogP contribution >= 0.6 is 11.3 Å². The SMILES string of the molecule is O=C(O)/C=C\C(=O)O.c1cc(N2CC3CCCC3C2)c2ccsc2c1. The highest BCUT2D eigenvalue weighted by Gasteiger charge is 2.36. The first-order valence-electron chi connectivity index (χ1n) is 8.39. The smallest absolute Gasteiger partial charge is 0.328 e. The average molecular weight is 359 g/mol. The van der Waals surface area contributed by atoms with E-state index in [1.54, 1.807) is 0 Å². The molecule has 2 fully saturated rings. The quantitative estimate of drug-likeness (QED) is 0.814. The predicted molar refractivity (Wildman–Crippen MR) is 99.3 cm³/mol. The largest absolute Gasteiger partial charge is 0.478 e. The highest BCUT2D eigenvalue weighted by atomic mass is 32.1. The number of hydrogen-bond donors (Lipinski definition) is 2. The minimum absolute atomic E-state index is 0.558. The van der Waals surface area contributed by atoms with E-state index in [9.17, 15) is 9.59 Å². The van der Waals surface area contributed by atoms with Crippen molar-refractivity contribution in [2.45, 2.75) is 19.3 Å². The molecular weight excluding hydrogens is 338 g/mol. The van der Waals surface area contributed by atoms with Crippen molar-refractivity contribution in [3.63, 3.8) is 0 Å². The van der Waals surface area contributed by atoms with E-state index in [1.807, 2.05) is 11.3 Å². The molecular formula is C19H21NO4S. The van der Waals surface area contributed by atoms with E-state index in [2.05, 4.69) is 34.5 Å². The number of thiophene rings is 1. The zero-order valence-corrected chi connectivity index (χ0v) is 14.6. The van der Waals surface area contributed by atoms with Crippen LogP contribution in [0.4, 0.5) is 5.69 Å². The van der Waals surface area contributed by atoms with Crippen molar-refractivity contribution in [2.75, 3.05) is 18.0 Å². The van der Waals surface area contributed by atoms with Gasteiger partial charge in [-0.2, -0.15) is 0 Å². The van der Waals surface area contributed by atoms with E-state index < -0.39 is 11.9 Å². The Hall–Kier alpha value is -2.34. The maximum Gasteiger partial charge on any atom is 0.328 e. The molecule has 0 spiro atoms. The summed E-state index contributed by atoms with van der Waals surface area (Å²) in [6, 6.07) is 9.03. The van der Waals surface area contributed by atoms with Gasteiger partial charge in [0.25, 0.3) is 0 Å². The van der Waals surface area contributed by atoms with Crippen LogP contribution in [0.1, 0.15) is 19.3 Å². The lowest BCUT2D eigenvalue weighted by molar-refractivity contribution is -0.134. The number of nitrogens with zero attached hydrogens (tertiary/aromatic N) is 1. The predicted octanol–water partition coefficient (Wildman–Crippen LogP) is 3.85. The second-order valence-electron chi connectivity index (χ2n) is 6.48. The van der Waals surface area contributed by atoms with E-state index in [0.717, 1.165) is 11.8 Å². The molecule has 0 bridgehead atoms. The van der Waals surface area contributed by atoms with Crippen LogP contribution in [-0.2, 0) is 9.59 Å². The topological polar surface area (TPSA) is 77.8 Å². The zero-order chi connectivity index (χ0) is 17.8. The van der Waals surface area contributed by atoms with E-state index in [1.165, 1.54) is 48.1 Å². The fourth-order valence-electron chi connectivity index (χ4n) is 3.83. The van der Waals surface area contributed by atoms with Crippen molar-refractivity contribution in [3.05, 3.63) is 41.8 Å². The van der Waals surface area contributed by atoms with Crippen LogP contribution in [0.25, 0.3) is 10.1 Å². The summed E-state index contributed by atoms with van der Waals surface area (Å²) in [6.07, 6.45) is 5.50. The molecule has 2 N–H and O–H groups in total. The molecule has 2 heterocycles. The lowest BCUT2D eigenvalue weighted by Gasteiger charge is -2.20. The normalized spacial score (nSPS) is 22.0. The Labute approximate surface area is 150 Å². The molecule has 1 aliphatic heterocycles. The first-order valence-corrected chi connectivity index (χ1v) is 9.27. The third-order valence-corrected chi connectivity index (χ3v) is 5.79. The summed E-state index contributed by atoms with van der Waals surface area (Å²) in [5.41, 5.74) is 1.47. The molecule has 1 aliphatic carbocycles. The molecule has 25 heavy (non-hydrogen) atoms. The molecule has 2 aliphatic rings. The van der Waals surface area contributed by atoms with Crippen molar-refractivity contribution in [2.24, 2.45) is 11.8 Å². The highest BCUT2D eigenvalue weighted by molar-refractivity contribution is 7.17. The molecule has 1 saturated carbocycles. The summed E-state index contributed by atoms with van der Waals surface area (Å²) in [5.74, 6) is -0.562. The molecule has 0 amide bonds. The number of hydrogen-bond acceptors (Lipinski definition) is 4. The molecule has 2 atom stereocenters. The molecule has 6 heteroatoms. The molecule has 0 radical (unpaired) electrons. The van der Waals surface area contributed by atoms with Gasteiger partial charge in [0.1, 0.15) is 0 Å². The standard InChI is InChI=1S/C15H17NS.C4H4O4/c1-3-11-9-16(10-12(11)4-1)14-5-2-6-15-13(14)7-8-17-15;5-3(6)1-2-4(7)8/h2,5-8,11-12H,1,3-4,9-10H2;1-2H,(H,5,6)(H,7,8)/b;2-1-. The second-order valence-corrected chi connectivity index (χ2v) is 7.42.